The molecule has 0 bridgehead atoms. The van der Waals surface area contributed by atoms with Gasteiger partial charge < -0.3 is 16.4 Å². The SMILES string of the molecule is Cc1cc(C(=O)N2CCC(C(N)=O)C2)ccc1N. The third kappa shape index (κ3) is 2.30. The number of primary amides is 1. The lowest BCUT2D eigenvalue weighted by Crippen LogP contribution is -2.31. The zero-order valence-electron chi connectivity index (χ0n) is 10.3. The Morgan fingerprint density at radius 1 is 1.39 bits per heavy atom. The summed E-state index contributed by atoms with van der Waals surface area (Å²) < 4.78 is 0. The van der Waals surface area contributed by atoms with E-state index in [0.29, 0.717) is 30.8 Å². The number of hydrogen-bond acceptors (Lipinski definition) is 3. The molecule has 18 heavy (non-hydrogen) atoms. The summed E-state index contributed by atoms with van der Waals surface area (Å²) >= 11 is 0. The first-order chi connectivity index (χ1) is 8.49. The quantitative estimate of drug-likeness (QED) is 0.747. The minimum atomic E-state index is -0.334. The van der Waals surface area contributed by atoms with Crippen LogP contribution in [0.1, 0.15) is 22.3 Å². The minimum Gasteiger partial charge on any atom is -0.399 e. The maximum atomic E-state index is 12.2. The number of nitrogen functional groups attached to an aromatic ring is 1. The van der Waals surface area contributed by atoms with Gasteiger partial charge in [0.2, 0.25) is 5.91 Å². The highest BCUT2D eigenvalue weighted by molar-refractivity contribution is 5.95. The van der Waals surface area contributed by atoms with E-state index in [9.17, 15) is 9.59 Å². The highest BCUT2D eigenvalue weighted by Gasteiger charge is 2.30. The number of hydrogen-bond donors (Lipinski definition) is 2. The summed E-state index contributed by atoms with van der Waals surface area (Å²) in [6.07, 6.45) is 0.648. The number of amides is 2. The van der Waals surface area contributed by atoms with Gasteiger partial charge in [-0.3, -0.25) is 9.59 Å². The fourth-order valence-electron chi connectivity index (χ4n) is 2.17. The molecule has 0 radical (unpaired) electrons. The Bertz CT molecular complexity index is 499. The summed E-state index contributed by atoms with van der Waals surface area (Å²) in [5, 5.41) is 0. The van der Waals surface area contributed by atoms with Crippen LogP contribution >= 0.6 is 0 Å². The molecule has 1 aromatic rings. The molecule has 0 aromatic heterocycles. The zero-order valence-corrected chi connectivity index (χ0v) is 10.3. The molecule has 1 heterocycles. The molecule has 1 fully saturated rings. The molecule has 1 aliphatic heterocycles. The molecule has 5 nitrogen and oxygen atoms in total. The number of nitrogens with two attached hydrogens (primary N) is 2. The van der Waals surface area contributed by atoms with Gasteiger partial charge in [0.1, 0.15) is 0 Å². The monoisotopic (exact) mass is 247 g/mol. The van der Waals surface area contributed by atoms with E-state index in [0.717, 1.165) is 5.56 Å². The van der Waals surface area contributed by atoms with Gasteiger partial charge in [-0.2, -0.15) is 0 Å². The van der Waals surface area contributed by atoms with Crippen LogP contribution in [0.2, 0.25) is 0 Å². The maximum Gasteiger partial charge on any atom is 0.253 e. The number of benzene rings is 1. The molecule has 5 heteroatoms. The van der Waals surface area contributed by atoms with Crippen molar-refractivity contribution >= 4 is 17.5 Å². The number of carbonyl (C=O) groups is 2. The normalized spacial score (nSPS) is 18.9. The third-order valence-corrected chi connectivity index (χ3v) is 3.39. The fraction of sp³-hybridized carbons (Fsp3) is 0.385. The van der Waals surface area contributed by atoms with Crippen molar-refractivity contribution in [3.63, 3.8) is 0 Å². The molecule has 1 saturated heterocycles. The van der Waals surface area contributed by atoms with Crippen molar-refractivity contribution < 1.29 is 9.59 Å². The van der Waals surface area contributed by atoms with Crippen LogP contribution in [0.4, 0.5) is 5.69 Å². The van der Waals surface area contributed by atoms with Gasteiger partial charge in [0.25, 0.3) is 5.91 Å². The summed E-state index contributed by atoms with van der Waals surface area (Å²) in [6.45, 7) is 2.86. The molecule has 1 aliphatic rings. The summed E-state index contributed by atoms with van der Waals surface area (Å²) in [5.74, 6) is -0.621. The number of anilines is 1. The van der Waals surface area contributed by atoms with Gasteiger partial charge in [0.15, 0.2) is 0 Å². The summed E-state index contributed by atoms with van der Waals surface area (Å²) in [4.78, 5) is 25.0. The van der Waals surface area contributed by atoms with Crippen LogP contribution in [0.15, 0.2) is 18.2 Å². The molecule has 1 aromatic carbocycles. The molecule has 2 rings (SSSR count). The van der Waals surface area contributed by atoms with Crippen LogP contribution < -0.4 is 11.5 Å². The van der Waals surface area contributed by atoms with Crippen LogP contribution in [0.5, 0.6) is 0 Å². The first-order valence-corrected chi connectivity index (χ1v) is 5.93. The lowest BCUT2D eigenvalue weighted by Gasteiger charge is -2.16. The van der Waals surface area contributed by atoms with E-state index >= 15 is 0 Å². The van der Waals surface area contributed by atoms with E-state index < -0.39 is 0 Å². The first-order valence-electron chi connectivity index (χ1n) is 5.93. The van der Waals surface area contributed by atoms with Gasteiger partial charge in [0.05, 0.1) is 5.92 Å². The fourth-order valence-corrected chi connectivity index (χ4v) is 2.17. The minimum absolute atomic E-state index is 0.0677. The van der Waals surface area contributed by atoms with Crippen LogP contribution in [-0.2, 0) is 4.79 Å². The van der Waals surface area contributed by atoms with Gasteiger partial charge >= 0.3 is 0 Å². The average molecular weight is 247 g/mol. The summed E-state index contributed by atoms with van der Waals surface area (Å²) in [5.41, 5.74) is 13.1. The Balaban J connectivity index is 2.12. The third-order valence-electron chi connectivity index (χ3n) is 3.39. The lowest BCUT2D eigenvalue weighted by molar-refractivity contribution is -0.121. The van der Waals surface area contributed by atoms with E-state index in [1.54, 1.807) is 23.1 Å². The van der Waals surface area contributed by atoms with Crippen LogP contribution in [-0.4, -0.2) is 29.8 Å². The summed E-state index contributed by atoms with van der Waals surface area (Å²) in [7, 11) is 0. The van der Waals surface area contributed by atoms with Crippen LogP contribution in [0.25, 0.3) is 0 Å². The number of carbonyl (C=O) groups excluding carboxylic acids is 2. The molecule has 4 N–H and O–H groups in total. The average Bonchev–Trinajstić information content (AvgIpc) is 2.81. The van der Waals surface area contributed by atoms with Crippen molar-refractivity contribution in [2.45, 2.75) is 13.3 Å². The van der Waals surface area contributed by atoms with E-state index in [-0.39, 0.29) is 17.7 Å². The van der Waals surface area contributed by atoms with Crippen molar-refractivity contribution in [1.29, 1.82) is 0 Å². The maximum absolute atomic E-state index is 12.2. The van der Waals surface area contributed by atoms with E-state index in [1.807, 2.05) is 6.92 Å². The number of aryl methyl sites for hydroxylation is 1. The zero-order chi connectivity index (χ0) is 13.3. The molecule has 0 spiro atoms. The molecular formula is C13H17N3O2. The first kappa shape index (κ1) is 12.4. The van der Waals surface area contributed by atoms with Gasteiger partial charge in [0, 0.05) is 24.3 Å². The molecule has 0 saturated carbocycles. The predicted molar refractivity (Wildman–Crippen MR) is 68.8 cm³/mol. The molecular weight excluding hydrogens is 230 g/mol. The largest absolute Gasteiger partial charge is 0.399 e. The van der Waals surface area contributed by atoms with Gasteiger partial charge in [-0.15, -0.1) is 0 Å². The van der Waals surface area contributed by atoms with Crippen LogP contribution in [0, 0.1) is 12.8 Å². The molecule has 2 amide bonds. The standard InChI is InChI=1S/C13H17N3O2/c1-8-6-9(2-3-11(8)14)13(18)16-5-4-10(7-16)12(15)17/h2-3,6,10H,4-5,7,14H2,1H3,(H2,15,17). The number of nitrogens with zero attached hydrogens (tertiary/aromatic N) is 1. The Morgan fingerprint density at radius 3 is 2.67 bits per heavy atom. The second-order valence-electron chi connectivity index (χ2n) is 4.71. The van der Waals surface area contributed by atoms with Crippen molar-refractivity contribution in [2.75, 3.05) is 18.8 Å². The van der Waals surface area contributed by atoms with Gasteiger partial charge in [-0.05, 0) is 37.1 Å². The Labute approximate surface area is 106 Å². The lowest BCUT2D eigenvalue weighted by atomic mass is 10.1. The highest BCUT2D eigenvalue weighted by Crippen LogP contribution is 2.20. The Hall–Kier alpha value is -2.04. The second kappa shape index (κ2) is 4.68. The van der Waals surface area contributed by atoms with E-state index in [2.05, 4.69) is 0 Å². The topological polar surface area (TPSA) is 89.4 Å². The van der Waals surface area contributed by atoms with Crippen molar-refractivity contribution in [3.05, 3.63) is 29.3 Å². The van der Waals surface area contributed by atoms with Gasteiger partial charge in [-0.1, -0.05) is 0 Å². The van der Waals surface area contributed by atoms with Crippen LogP contribution in [0.3, 0.4) is 0 Å². The number of rotatable bonds is 2. The Morgan fingerprint density at radius 2 is 2.11 bits per heavy atom. The molecule has 1 unspecified atom stereocenters. The molecule has 0 aliphatic carbocycles. The van der Waals surface area contributed by atoms with E-state index in [1.165, 1.54) is 0 Å². The Kier molecular flexibility index (Phi) is 3.23. The molecule has 1 atom stereocenters. The van der Waals surface area contributed by atoms with Gasteiger partial charge in [-0.25, -0.2) is 0 Å². The summed E-state index contributed by atoms with van der Waals surface area (Å²) in [6, 6.07) is 5.21. The smallest absolute Gasteiger partial charge is 0.253 e. The molecule has 96 valence electrons. The second-order valence-corrected chi connectivity index (χ2v) is 4.71. The van der Waals surface area contributed by atoms with Crippen molar-refractivity contribution in [1.82, 2.24) is 4.90 Å². The van der Waals surface area contributed by atoms with Crippen molar-refractivity contribution in [3.8, 4) is 0 Å². The number of likely N-dealkylation sites (tertiary alicyclic amines) is 1. The highest BCUT2D eigenvalue weighted by atomic mass is 16.2. The predicted octanol–water partition coefficient (Wildman–Crippen LogP) is 0.525. The van der Waals surface area contributed by atoms with E-state index in [4.69, 9.17) is 11.5 Å². The van der Waals surface area contributed by atoms with Crippen molar-refractivity contribution in [2.24, 2.45) is 11.7 Å².